The Labute approximate surface area is 118 Å². The SMILES string of the molecule is C[C@@H]1CN(c2cccc(-c3cn[nH]c3N)c2)C[C@H](C)O1. The summed E-state index contributed by atoms with van der Waals surface area (Å²) in [6.45, 7) is 6.05. The molecule has 2 heterocycles. The van der Waals surface area contributed by atoms with Crippen molar-refractivity contribution < 1.29 is 4.74 Å². The molecule has 5 nitrogen and oxygen atoms in total. The van der Waals surface area contributed by atoms with E-state index in [1.165, 1.54) is 5.69 Å². The Hall–Kier alpha value is -2.01. The van der Waals surface area contributed by atoms with Crippen molar-refractivity contribution in [2.24, 2.45) is 0 Å². The lowest BCUT2D eigenvalue weighted by molar-refractivity contribution is -0.00521. The number of nitrogens with two attached hydrogens (primary N) is 1. The number of nitrogens with zero attached hydrogens (tertiary/aromatic N) is 2. The van der Waals surface area contributed by atoms with Gasteiger partial charge in [-0.1, -0.05) is 12.1 Å². The lowest BCUT2D eigenvalue weighted by atomic mass is 10.1. The molecule has 1 aromatic heterocycles. The van der Waals surface area contributed by atoms with Crippen LogP contribution in [0.25, 0.3) is 11.1 Å². The molecule has 0 spiro atoms. The molecule has 5 heteroatoms. The fraction of sp³-hybridized carbons (Fsp3) is 0.400. The number of morpholine rings is 1. The zero-order valence-corrected chi connectivity index (χ0v) is 11.8. The first-order chi connectivity index (χ1) is 9.63. The Kier molecular flexibility index (Phi) is 3.36. The number of H-pyrrole nitrogens is 1. The molecule has 1 fully saturated rings. The topological polar surface area (TPSA) is 67.2 Å². The van der Waals surface area contributed by atoms with Gasteiger partial charge in [0.15, 0.2) is 0 Å². The minimum Gasteiger partial charge on any atom is -0.384 e. The second kappa shape index (κ2) is 5.17. The van der Waals surface area contributed by atoms with Crippen molar-refractivity contribution in [1.82, 2.24) is 10.2 Å². The van der Waals surface area contributed by atoms with E-state index < -0.39 is 0 Å². The van der Waals surface area contributed by atoms with E-state index in [4.69, 9.17) is 10.5 Å². The summed E-state index contributed by atoms with van der Waals surface area (Å²) < 4.78 is 5.78. The number of benzene rings is 1. The van der Waals surface area contributed by atoms with Gasteiger partial charge >= 0.3 is 0 Å². The molecular weight excluding hydrogens is 252 g/mol. The van der Waals surface area contributed by atoms with E-state index in [-0.39, 0.29) is 12.2 Å². The maximum atomic E-state index is 5.89. The zero-order valence-electron chi connectivity index (χ0n) is 11.8. The Morgan fingerprint density at radius 2 is 2.05 bits per heavy atom. The molecule has 3 N–H and O–H groups in total. The second-order valence-corrected chi connectivity index (χ2v) is 5.41. The van der Waals surface area contributed by atoms with Crippen LogP contribution in [0, 0.1) is 0 Å². The lowest BCUT2D eigenvalue weighted by Crippen LogP contribution is -2.45. The van der Waals surface area contributed by atoms with Gasteiger partial charge in [-0.2, -0.15) is 5.10 Å². The number of aromatic amines is 1. The molecule has 2 aromatic rings. The normalized spacial score (nSPS) is 23.0. The highest BCUT2D eigenvalue weighted by atomic mass is 16.5. The Bertz CT molecular complexity index is 585. The Morgan fingerprint density at radius 3 is 2.70 bits per heavy atom. The van der Waals surface area contributed by atoms with Crippen molar-refractivity contribution in [3.8, 4) is 11.1 Å². The smallest absolute Gasteiger partial charge is 0.126 e. The van der Waals surface area contributed by atoms with Crippen molar-refractivity contribution in [1.29, 1.82) is 0 Å². The summed E-state index contributed by atoms with van der Waals surface area (Å²) in [4.78, 5) is 2.36. The number of anilines is 2. The van der Waals surface area contributed by atoms with E-state index in [0.29, 0.717) is 5.82 Å². The van der Waals surface area contributed by atoms with E-state index in [2.05, 4.69) is 53.2 Å². The number of hydrogen-bond acceptors (Lipinski definition) is 4. The van der Waals surface area contributed by atoms with Crippen LogP contribution < -0.4 is 10.6 Å². The van der Waals surface area contributed by atoms with Crippen molar-refractivity contribution in [3.05, 3.63) is 30.5 Å². The summed E-state index contributed by atoms with van der Waals surface area (Å²) >= 11 is 0. The van der Waals surface area contributed by atoms with E-state index in [9.17, 15) is 0 Å². The molecule has 2 atom stereocenters. The van der Waals surface area contributed by atoms with Gasteiger partial charge in [-0.15, -0.1) is 0 Å². The average Bonchev–Trinajstić information content (AvgIpc) is 2.84. The summed E-state index contributed by atoms with van der Waals surface area (Å²) in [5.41, 5.74) is 9.12. The largest absolute Gasteiger partial charge is 0.384 e. The summed E-state index contributed by atoms with van der Waals surface area (Å²) in [6, 6.07) is 8.40. The van der Waals surface area contributed by atoms with Gasteiger partial charge < -0.3 is 15.4 Å². The molecule has 0 radical (unpaired) electrons. The van der Waals surface area contributed by atoms with Crippen LogP contribution in [-0.4, -0.2) is 35.5 Å². The van der Waals surface area contributed by atoms with Crippen molar-refractivity contribution in [3.63, 3.8) is 0 Å². The Morgan fingerprint density at radius 1 is 1.30 bits per heavy atom. The summed E-state index contributed by atoms with van der Waals surface area (Å²) in [7, 11) is 0. The number of rotatable bonds is 2. The van der Waals surface area contributed by atoms with E-state index in [1.807, 2.05) is 0 Å². The van der Waals surface area contributed by atoms with Crippen LogP contribution in [0.5, 0.6) is 0 Å². The van der Waals surface area contributed by atoms with Crippen LogP contribution in [-0.2, 0) is 4.74 Å². The van der Waals surface area contributed by atoms with Crippen LogP contribution in [0.4, 0.5) is 11.5 Å². The van der Waals surface area contributed by atoms with Crippen LogP contribution in [0.1, 0.15) is 13.8 Å². The fourth-order valence-electron chi connectivity index (χ4n) is 2.79. The second-order valence-electron chi connectivity index (χ2n) is 5.41. The first-order valence-electron chi connectivity index (χ1n) is 6.93. The monoisotopic (exact) mass is 272 g/mol. The standard InChI is InChI=1S/C15H20N4O/c1-10-8-19(9-11(2)20-10)13-5-3-4-12(6-13)14-7-17-18-15(14)16/h3-7,10-11H,8-9H2,1-2H3,(H3,16,17,18)/t10-,11+. The van der Waals surface area contributed by atoms with Crippen molar-refractivity contribution >= 4 is 11.5 Å². The third-order valence-electron chi connectivity index (χ3n) is 3.61. The molecule has 20 heavy (non-hydrogen) atoms. The molecule has 3 rings (SSSR count). The Balaban J connectivity index is 1.90. The number of nitrogens with one attached hydrogen (secondary N) is 1. The highest BCUT2D eigenvalue weighted by Gasteiger charge is 2.22. The van der Waals surface area contributed by atoms with Crippen LogP contribution in [0.2, 0.25) is 0 Å². The van der Waals surface area contributed by atoms with E-state index >= 15 is 0 Å². The molecule has 0 unspecified atom stereocenters. The van der Waals surface area contributed by atoms with Crippen molar-refractivity contribution in [2.75, 3.05) is 23.7 Å². The van der Waals surface area contributed by atoms with Gasteiger partial charge in [-0.25, -0.2) is 0 Å². The number of nitrogen functional groups attached to an aromatic ring is 1. The molecule has 0 saturated carbocycles. The predicted octanol–water partition coefficient (Wildman–Crippen LogP) is 2.27. The minimum atomic E-state index is 0.251. The van der Waals surface area contributed by atoms with Gasteiger partial charge in [0.2, 0.25) is 0 Å². The highest BCUT2D eigenvalue weighted by molar-refractivity contribution is 5.75. The van der Waals surface area contributed by atoms with E-state index in [0.717, 1.165) is 24.2 Å². The van der Waals surface area contributed by atoms with Gasteiger partial charge in [-0.3, -0.25) is 5.10 Å². The van der Waals surface area contributed by atoms with Gasteiger partial charge in [0.25, 0.3) is 0 Å². The van der Waals surface area contributed by atoms with E-state index in [1.54, 1.807) is 6.20 Å². The summed E-state index contributed by atoms with van der Waals surface area (Å²) in [5, 5.41) is 6.76. The maximum Gasteiger partial charge on any atom is 0.126 e. The molecule has 1 aliphatic heterocycles. The van der Waals surface area contributed by atoms with Crippen molar-refractivity contribution in [2.45, 2.75) is 26.1 Å². The number of hydrogen-bond donors (Lipinski definition) is 2. The first-order valence-corrected chi connectivity index (χ1v) is 6.93. The first kappa shape index (κ1) is 13.0. The van der Waals surface area contributed by atoms with Crippen LogP contribution >= 0.6 is 0 Å². The quantitative estimate of drug-likeness (QED) is 0.880. The number of aromatic nitrogens is 2. The molecule has 0 bridgehead atoms. The molecule has 1 aromatic carbocycles. The molecule has 1 aliphatic rings. The predicted molar refractivity (Wildman–Crippen MR) is 80.7 cm³/mol. The lowest BCUT2D eigenvalue weighted by Gasteiger charge is -2.37. The molecule has 106 valence electrons. The third kappa shape index (κ3) is 2.49. The fourth-order valence-corrected chi connectivity index (χ4v) is 2.79. The molecule has 0 amide bonds. The minimum absolute atomic E-state index is 0.251. The molecule has 0 aliphatic carbocycles. The average molecular weight is 272 g/mol. The van der Waals surface area contributed by atoms with Crippen LogP contribution in [0.3, 0.4) is 0 Å². The van der Waals surface area contributed by atoms with Gasteiger partial charge in [0.1, 0.15) is 5.82 Å². The zero-order chi connectivity index (χ0) is 14.1. The summed E-state index contributed by atoms with van der Waals surface area (Å²) in [6.07, 6.45) is 2.27. The van der Waals surface area contributed by atoms with Gasteiger partial charge in [-0.05, 0) is 31.5 Å². The van der Waals surface area contributed by atoms with Gasteiger partial charge in [0, 0.05) is 24.3 Å². The highest BCUT2D eigenvalue weighted by Crippen LogP contribution is 2.28. The molecule has 1 saturated heterocycles. The van der Waals surface area contributed by atoms with Crippen LogP contribution in [0.15, 0.2) is 30.5 Å². The third-order valence-corrected chi connectivity index (χ3v) is 3.61. The number of ether oxygens (including phenoxy) is 1. The summed E-state index contributed by atoms with van der Waals surface area (Å²) in [5.74, 6) is 0.603. The van der Waals surface area contributed by atoms with Gasteiger partial charge in [0.05, 0.1) is 18.4 Å². The molecular formula is C15H20N4O. The maximum absolute atomic E-state index is 5.89.